The SMILES string of the molecule is COc1cc(/C=N/NC(=O)CSc2nc3ccccc3s2)ccc1OCc1cc(C)cc(C)c1. The van der Waals surface area contributed by atoms with Crippen molar-refractivity contribution in [2.24, 2.45) is 5.10 Å². The van der Waals surface area contributed by atoms with Gasteiger partial charge in [-0.3, -0.25) is 4.79 Å². The first-order valence-electron chi connectivity index (χ1n) is 10.7. The summed E-state index contributed by atoms with van der Waals surface area (Å²) < 4.78 is 13.4. The van der Waals surface area contributed by atoms with E-state index in [1.165, 1.54) is 22.9 Å². The number of aryl methyl sites for hydroxylation is 2. The summed E-state index contributed by atoms with van der Waals surface area (Å²) >= 11 is 2.98. The van der Waals surface area contributed by atoms with Crippen LogP contribution in [0.3, 0.4) is 0 Å². The van der Waals surface area contributed by atoms with Crippen molar-refractivity contribution < 1.29 is 14.3 Å². The summed E-state index contributed by atoms with van der Waals surface area (Å²) in [6.45, 7) is 4.60. The van der Waals surface area contributed by atoms with Crippen molar-refractivity contribution in [1.82, 2.24) is 10.4 Å². The van der Waals surface area contributed by atoms with Gasteiger partial charge in [0.1, 0.15) is 6.61 Å². The summed E-state index contributed by atoms with van der Waals surface area (Å²) in [6, 6.07) is 19.8. The van der Waals surface area contributed by atoms with E-state index in [-0.39, 0.29) is 11.7 Å². The van der Waals surface area contributed by atoms with Gasteiger partial charge in [-0.1, -0.05) is 53.2 Å². The summed E-state index contributed by atoms with van der Waals surface area (Å²) in [4.78, 5) is 16.7. The number of fused-ring (bicyclic) bond motifs is 1. The largest absolute Gasteiger partial charge is 0.493 e. The monoisotopic (exact) mass is 491 g/mol. The number of hydrogen-bond acceptors (Lipinski definition) is 7. The number of nitrogens with one attached hydrogen (secondary N) is 1. The fourth-order valence-electron chi connectivity index (χ4n) is 3.45. The number of thioether (sulfide) groups is 1. The zero-order chi connectivity index (χ0) is 23.9. The van der Waals surface area contributed by atoms with E-state index in [1.807, 2.05) is 42.5 Å². The zero-order valence-corrected chi connectivity index (χ0v) is 20.8. The van der Waals surface area contributed by atoms with Crippen LogP contribution in [0.1, 0.15) is 22.3 Å². The highest BCUT2D eigenvalue weighted by molar-refractivity contribution is 8.01. The molecule has 0 aliphatic rings. The fraction of sp³-hybridized carbons (Fsp3) is 0.192. The molecule has 1 amide bonds. The Kier molecular flexibility index (Phi) is 7.82. The third kappa shape index (κ3) is 6.36. The molecule has 0 saturated carbocycles. The first kappa shape index (κ1) is 23.8. The topological polar surface area (TPSA) is 72.8 Å². The molecular formula is C26H25N3O3S2. The number of thiazole rings is 1. The Balaban J connectivity index is 1.30. The van der Waals surface area contributed by atoms with Gasteiger partial charge in [0.15, 0.2) is 15.8 Å². The van der Waals surface area contributed by atoms with Crippen LogP contribution in [0, 0.1) is 13.8 Å². The van der Waals surface area contributed by atoms with Crippen LogP contribution in [0.25, 0.3) is 10.2 Å². The number of methoxy groups -OCH3 is 1. The van der Waals surface area contributed by atoms with E-state index in [1.54, 1.807) is 24.7 Å². The quantitative estimate of drug-likeness (QED) is 0.184. The van der Waals surface area contributed by atoms with Crippen molar-refractivity contribution in [2.75, 3.05) is 12.9 Å². The maximum Gasteiger partial charge on any atom is 0.250 e. The number of hydrogen-bond donors (Lipinski definition) is 1. The standard InChI is InChI=1S/C26H25N3O3S2/c1-17-10-18(2)12-20(11-17)15-32-22-9-8-19(13-23(22)31-3)14-27-29-25(30)16-33-26-28-21-6-4-5-7-24(21)34-26/h4-14H,15-16H2,1-3H3,(H,29,30)/b27-14+. The second-order valence-corrected chi connectivity index (χ2v) is 9.98. The van der Waals surface area contributed by atoms with Crippen molar-refractivity contribution in [2.45, 2.75) is 24.8 Å². The summed E-state index contributed by atoms with van der Waals surface area (Å²) in [5, 5.41) is 4.06. The van der Waals surface area contributed by atoms with Gasteiger partial charge in [-0.15, -0.1) is 11.3 Å². The number of rotatable bonds is 9. The van der Waals surface area contributed by atoms with E-state index in [2.05, 4.69) is 47.6 Å². The van der Waals surface area contributed by atoms with Crippen molar-refractivity contribution in [3.8, 4) is 11.5 Å². The Labute approximate surface area is 207 Å². The molecule has 0 atom stereocenters. The van der Waals surface area contributed by atoms with Crippen LogP contribution in [0.15, 0.2) is 70.1 Å². The molecule has 0 radical (unpaired) electrons. The summed E-state index contributed by atoms with van der Waals surface area (Å²) in [5.41, 5.74) is 7.81. The van der Waals surface area contributed by atoms with E-state index >= 15 is 0 Å². The minimum Gasteiger partial charge on any atom is -0.493 e. The van der Waals surface area contributed by atoms with Crippen LogP contribution in [0.4, 0.5) is 0 Å². The zero-order valence-electron chi connectivity index (χ0n) is 19.2. The Morgan fingerprint density at radius 3 is 2.65 bits per heavy atom. The molecule has 0 aliphatic carbocycles. The number of ether oxygens (including phenoxy) is 2. The van der Waals surface area contributed by atoms with E-state index in [0.29, 0.717) is 18.1 Å². The predicted molar refractivity (Wildman–Crippen MR) is 139 cm³/mol. The van der Waals surface area contributed by atoms with E-state index in [0.717, 1.165) is 25.7 Å². The molecule has 4 rings (SSSR count). The van der Waals surface area contributed by atoms with Gasteiger partial charge in [0.2, 0.25) is 0 Å². The number of amides is 1. The smallest absolute Gasteiger partial charge is 0.250 e. The van der Waals surface area contributed by atoms with Crippen LogP contribution < -0.4 is 14.9 Å². The van der Waals surface area contributed by atoms with E-state index < -0.39 is 0 Å². The van der Waals surface area contributed by atoms with E-state index in [4.69, 9.17) is 9.47 Å². The highest BCUT2D eigenvalue weighted by Crippen LogP contribution is 2.30. The van der Waals surface area contributed by atoms with Gasteiger partial charge >= 0.3 is 0 Å². The molecule has 0 unspecified atom stereocenters. The Bertz CT molecular complexity index is 1280. The van der Waals surface area contributed by atoms with Crippen LogP contribution in [-0.4, -0.2) is 30.0 Å². The number of carbonyl (C=O) groups excluding carboxylic acids is 1. The van der Waals surface area contributed by atoms with Crippen LogP contribution in [0.5, 0.6) is 11.5 Å². The average Bonchev–Trinajstić information content (AvgIpc) is 3.24. The molecule has 0 spiro atoms. The molecule has 0 saturated heterocycles. The van der Waals surface area contributed by atoms with Crippen LogP contribution in [0.2, 0.25) is 0 Å². The molecule has 3 aromatic carbocycles. The predicted octanol–water partition coefficient (Wildman–Crippen LogP) is 5.74. The number of carbonyl (C=O) groups is 1. The third-order valence-electron chi connectivity index (χ3n) is 4.87. The lowest BCUT2D eigenvalue weighted by molar-refractivity contribution is -0.118. The maximum absolute atomic E-state index is 12.2. The molecule has 34 heavy (non-hydrogen) atoms. The summed E-state index contributed by atoms with van der Waals surface area (Å²) in [6.07, 6.45) is 1.58. The van der Waals surface area contributed by atoms with Gasteiger partial charge in [-0.25, -0.2) is 10.4 Å². The van der Waals surface area contributed by atoms with Gasteiger partial charge in [0.25, 0.3) is 5.91 Å². The molecular weight excluding hydrogens is 466 g/mol. The molecule has 1 heterocycles. The minimum atomic E-state index is -0.194. The van der Waals surface area contributed by atoms with Crippen molar-refractivity contribution in [3.05, 3.63) is 82.9 Å². The summed E-state index contributed by atoms with van der Waals surface area (Å²) in [7, 11) is 1.60. The lowest BCUT2D eigenvalue weighted by atomic mass is 10.1. The number of para-hydroxylation sites is 1. The van der Waals surface area contributed by atoms with Gasteiger partial charge < -0.3 is 9.47 Å². The Morgan fingerprint density at radius 1 is 1.09 bits per heavy atom. The highest BCUT2D eigenvalue weighted by atomic mass is 32.2. The average molecular weight is 492 g/mol. The van der Waals surface area contributed by atoms with Crippen LogP contribution in [-0.2, 0) is 11.4 Å². The Hall–Kier alpha value is -3.36. The Morgan fingerprint density at radius 2 is 1.88 bits per heavy atom. The second-order valence-electron chi connectivity index (χ2n) is 7.72. The number of aromatic nitrogens is 1. The van der Waals surface area contributed by atoms with E-state index in [9.17, 15) is 4.79 Å². The number of benzene rings is 3. The normalized spacial score (nSPS) is 11.1. The molecule has 6 nitrogen and oxygen atoms in total. The lowest BCUT2D eigenvalue weighted by Crippen LogP contribution is -2.19. The summed E-state index contributed by atoms with van der Waals surface area (Å²) in [5.74, 6) is 1.30. The molecule has 174 valence electrons. The second kappa shape index (κ2) is 11.2. The molecule has 0 bridgehead atoms. The molecule has 8 heteroatoms. The molecule has 1 aromatic heterocycles. The van der Waals surface area contributed by atoms with Crippen molar-refractivity contribution in [3.63, 3.8) is 0 Å². The van der Waals surface area contributed by atoms with Crippen molar-refractivity contribution >= 4 is 45.4 Å². The highest BCUT2D eigenvalue weighted by Gasteiger charge is 2.08. The van der Waals surface area contributed by atoms with Gasteiger partial charge in [0, 0.05) is 0 Å². The molecule has 4 aromatic rings. The third-order valence-corrected chi connectivity index (χ3v) is 7.05. The van der Waals surface area contributed by atoms with Gasteiger partial charge in [-0.05, 0) is 55.3 Å². The molecule has 0 fully saturated rings. The van der Waals surface area contributed by atoms with Crippen molar-refractivity contribution in [1.29, 1.82) is 0 Å². The minimum absolute atomic E-state index is 0.194. The number of nitrogens with zero attached hydrogens (tertiary/aromatic N) is 2. The van der Waals surface area contributed by atoms with Crippen LogP contribution >= 0.6 is 23.1 Å². The molecule has 1 N–H and O–H groups in total. The van der Waals surface area contributed by atoms with Gasteiger partial charge in [-0.2, -0.15) is 5.10 Å². The fourth-order valence-corrected chi connectivity index (χ4v) is 5.31. The molecule has 0 aliphatic heterocycles. The maximum atomic E-state index is 12.2. The number of hydrazone groups is 1. The first-order valence-corrected chi connectivity index (χ1v) is 12.5. The first-order chi connectivity index (χ1) is 16.5. The van der Waals surface area contributed by atoms with Gasteiger partial charge in [0.05, 0.1) is 29.3 Å². The lowest BCUT2D eigenvalue weighted by Gasteiger charge is -2.12.